The standard InChI is InChI=1S/C16H23N5O/c1-12-10-13(2)21(18-12)11-14-6-4-5-9-20(14)16(22)15-7-8-17-19(15)3/h7-8,10,14H,4-6,9,11H2,1-3H3. The molecule has 6 heteroatoms. The second-order valence-electron chi connectivity index (χ2n) is 6.10. The Morgan fingerprint density at radius 2 is 2.18 bits per heavy atom. The lowest BCUT2D eigenvalue weighted by atomic mass is 10.0. The van der Waals surface area contributed by atoms with Crippen LogP contribution in [0.3, 0.4) is 0 Å². The highest BCUT2D eigenvalue weighted by Gasteiger charge is 2.29. The van der Waals surface area contributed by atoms with Crippen LogP contribution in [-0.4, -0.2) is 43.0 Å². The number of aryl methyl sites for hydroxylation is 3. The molecule has 1 unspecified atom stereocenters. The van der Waals surface area contributed by atoms with Crippen LogP contribution in [0.4, 0.5) is 0 Å². The minimum Gasteiger partial charge on any atom is -0.332 e. The molecule has 1 amide bonds. The molecular formula is C16H23N5O. The van der Waals surface area contributed by atoms with Crippen LogP contribution in [0.2, 0.25) is 0 Å². The van der Waals surface area contributed by atoms with Gasteiger partial charge < -0.3 is 4.90 Å². The number of rotatable bonds is 3. The molecule has 118 valence electrons. The summed E-state index contributed by atoms with van der Waals surface area (Å²) in [5, 5.41) is 8.65. The lowest BCUT2D eigenvalue weighted by Crippen LogP contribution is -2.46. The smallest absolute Gasteiger partial charge is 0.272 e. The first-order chi connectivity index (χ1) is 10.6. The third-order valence-corrected chi connectivity index (χ3v) is 4.42. The van der Waals surface area contributed by atoms with Crippen LogP contribution < -0.4 is 0 Å². The van der Waals surface area contributed by atoms with Crippen LogP contribution in [0.5, 0.6) is 0 Å². The van der Waals surface area contributed by atoms with Crippen molar-refractivity contribution in [2.75, 3.05) is 6.54 Å². The Hall–Kier alpha value is -2.11. The molecule has 3 heterocycles. The van der Waals surface area contributed by atoms with Crippen LogP contribution in [0.15, 0.2) is 18.3 Å². The second-order valence-corrected chi connectivity index (χ2v) is 6.10. The van der Waals surface area contributed by atoms with Gasteiger partial charge in [0.05, 0.1) is 18.3 Å². The van der Waals surface area contributed by atoms with Gasteiger partial charge in [0, 0.05) is 25.5 Å². The van der Waals surface area contributed by atoms with Gasteiger partial charge in [0.1, 0.15) is 5.69 Å². The van der Waals surface area contributed by atoms with E-state index in [0.717, 1.165) is 37.3 Å². The van der Waals surface area contributed by atoms with Gasteiger partial charge in [-0.25, -0.2) is 0 Å². The minimum atomic E-state index is 0.0752. The molecule has 0 aromatic carbocycles. The Morgan fingerprint density at radius 3 is 2.82 bits per heavy atom. The average molecular weight is 301 g/mol. The van der Waals surface area contributed by atoms with Crippen molar-refractivity contribution < 1.29 is 4.79 Å². The van der Waals surface area contributed by atoms with Gasteiger partial charge in [-0.15, -0.1) is 0 Å². The number of piperidine rings is 1. The van der Waals surface area contributed by atoms with E-state index in [9.17, 15) is 4.79 Å². The van der Waals surface area contributed by atoms with Crippen LogP contribution >= 0.6 is 0 Å². The van der Waals surface area contributed by atoms with E-state index < -0.39 is 0 Å². The van der Waals surface area contributed by atoms with Gasteiger partial charge in [-0.2, -0.15) is 10.2 Å². The molecule has 0 N–H and O–H groups in total. The maximum Gasteiger partial charge on any atom is 0.272 e. The first-order valence-corrected chi connectivity index (χ1v) is 7.86. The Labute approximate surface area is 130 Å². The number of amides is 1. The zero-order valence-electron chi connectivity index (χ0n) is 13.5. The summed E-state index contributed by atoms with van der Waals surface area (Å²) in [5.41, 5.74) is 2.83. The van der Waals surface area contributed by atoms with E-state index in [4.69, 9.17) is 0 Å². The third-order valence-electron chi connectivity index (χ3n) is 4.42. The lowest BCUT2D eigenvalue weighted by molar-refractivity contribution is 0.0571. The van der Waals surface area contributed by atoms with Gasteiger partial charge in [0.25, 0.3) is 5.91 Å². The van der Waals surface area contributed by atoms with E-state index >= 15 is 0 Å². The zero-order chi connectivity index (χ0) is 15.7. The second kappa shape index (κ2) is 5.94. The fourth-order valence-electron chi connectivity index (χ4n) is 3.25. The summed E-state index contributed by atoms with van der Waals surface area (Å²) in [6.45, 7) is 5.65. The molecule has 0 bridgehead atoms. The predicted octanol–water partition coefficient (Wildman–Crippen LogP) is 1.93. The van der Waals surface area contributed by atoms with Crippen molar-refractivity contribution in [1.82, 2.24) is 24.5 Å². The van der Waals surface area contributed by atoms with Crippen LogP contribution in [0.25, 0.3) is 0 Å². The van der Waals surface area contributed by atoms with Crippen molar-refractivity contribution in [3.05, 3.63) is 35.4 Å². The molecule has 2 aromatic rings. The Morgan fingerprint density at radius 1 is 1.36 bits per heavy atom. The van der Waals surface area contributed by atoms with E-state index in [1.165, 1.54) is 6.42 Å². The molecule has 3 rings (SSSR count). The van der Waals surface area contributed by atoms with Crippen molar-refractivity contribution in [2.45, 2.75) is 45.7 Å². The molecule has 1 saturated heterocycles. The molecule has 2 aromatic heterocycles. The molecule has 1 atom stereocenters. The highest BCUT2D eigenvalue weighted by molar-refractivity contribution is 5.92. The average Bonchev–Trinajstić information content (AvgIpc) is 3.05. The van der Waals surface area contributed by atoms with Gasteiger partial charge in [0.2, 0.25) is 0 Å². The van der Waals surface area contributed by atoms with E-state index in [0.29, 0.717) is 5.69 Å². The van der Waals surface area contributed by atoms with Crippen LogP contribution in [-0.2, 0) is 13.6 Å². The highest BCUT2D eigenvalue weighted by atomic mass is 16.2. The van der Waals surface area contributed by atoms with Crippen molar-refractivity contribution in [3.8, 4) is 0 Å². The van der Waals surface area contributed by atoms with Gasteiger partial charge >= 0.3 is 0 Å². The molecule has 1 fully saturated rings. The normalized spacial score (nSPS) is 18.7. The van der Waals surface area contributed by atoms with Crippen molar-refractivity contribution in [2.24, 2.45) is 7.05 Å². The summed E-state index contributed by atoms with van der Waals surface area (Å²) < 4.78 is 3.67. The molecule has 6 nitrogen and oxygen atoms in total. The monoisotopic (exact) mass is 301 g/mol. The first kappa shape index (κ1) is 14.8. The summed E-state index contributed by atoms with van der Waals surface area (Å²) in [7, 11) is 1.81. The topological polar surface area (TPSA) is 56.0 Å². The number of nitrogens with zero attached hydrogens (tertiary/aromatic N) is 5. The van der Waals surface area contributed by atoms with Crippen molar-refractivity contribution >= 4 is 5.91 Å². The summed E-state index contributed by atoms with van der Waals surface area (Å²) in [4.78, 5) is 14.8. The molecular weight excluding hydrogens is 278 g/mol. The number of likely N-dealkylation sites (tertiary alicyclic amines) is 1. The molecule has 22 heavy (non-hydrogen) atoms. The summed E-state index contributed by atoms with van der Waals surface area (Å²) in [6.07, 6.45) is 4.94. The Bertz CT molecular complexity index is 672. The molecule has 1 aliphatic heterocycles. The van der Waals surface area contributed by atoms with E-state index in [1.807, 2.05) is 23.6 Å². The number of hydrogen-bond acceptors (Lipinski definition) is 3. The number of carbonyl (C=O) groups is 1. The molecule has 0 aliphatic carbocycles. The fraction of sp³-hybridized carbons (Fsp3) is 0.562. The Kier molecular flexibility index (Phi) is 4.00. The van der Waals surface area contributed by atoms with Crippen molar-refractivity contribution in [1.29, 1.82) is 0 Å². The number of hydrogen-bond donors (Lipinski definition) is 0. The van der Waals surface area contributed by atoms with Crippen LogP contribution in [0, 0.1) is 13.8 Å². The van der Waals surface area contributed by atoms with Gasteiger partial charge in [-0.3, -0.25) is 14.2 Å². The molecule has 1 aliphatic rings. The van der Waals surface area contributed by atoms with E-state index in [1.54, 1.807) is 16.9 Å². The highest BCUT2D eigenvalue weighted by Crippen LogP contribution is 2.21. The minimum absolute atomic E-state index is 0.0752. The quantitative estimate of drug-likeness (QED) is 0.870. The largest absolute Gasteiger partial charge is 0.332 e. The SMILES string of the molecule is Cc1cc(C)n(CC2CCCCN2C(=O)c2ccnn2C)n1. The lowest BCUT2D eigenvalue weighted by Gasteiger charge is -2.35. The Balaban J connectivity index is 1.81. The maximum absolute atomic E-state index is 12.8. The van der Waals surface area contributed by atoms with E-state index in [2.05, 4.69) is 23.2 Å². The molecule has 0 spiro atoms. The van der Waals surface area contributed by atoms with Gasteiger partial charge in [-0.1, -0.05) is 0 Å². The first-order valence-electron chi connectivity index (χ1n) is 7.86. The van der Waals surface area contributed by atoms with Gasteiger partial charge in [0.15, 0.2) is 0 Å². The van der Waals surface area contributed by atoms with Gasteiger partial charge in [-0.05, 0) is 45.2 Å². The molecule has 0 saturated carbocycles. The fourth-order valence-corrected chi connectivity index (χ4v) is 3.25. The summed E-state index contributed by atoms with van der Waals surface area (Å²) in [5.74, 6) is 0.0752. The number of carbonyl (C=O) groups excluding carboxylic acids is 1. The van der Waals surface area contributed by atoms with Crippen LogP contribution in [0.1, 0.15) is 41.1 Å². The summed E-state index contributed by atoms with van der Waals surface area (Å²) >= 11 is 0. The predicted molar refractivity (Wildman–Crippen MR) is 83.6 cm³/mol. The summed E-state index contributed by atoms with van der Waals surface area (Å²) in [6, 6.07) is 4.07. The number of aromatic nitrogens is 4. The van der Waals surface area contributed by atoms with E-state index in [-0.39, 0.29) is 11.9 Å². The van der Waals surface area contributed by atoms with Crippen molar-refractivity contribution in [3.63, 3.8) is 0 Å². The zero-order valence-corrected chi connectivity index (χ0v) is 13.5. The maximum atomic E-state index is 12.8. The third kappa shape index (κ3) is 2.77. The molecule has 0 radical (unpaired) electrons.